The summed E-state index contributed by atoms with van der Waals surface area (Å²) < 4.78 is 0. The SMILES string of the molecule is Cc1cc2c(C)cccc2[cH-]1.[F-].[F-].[F-].[Zr+4]. The van der Waals surface area contributed by atoms with Crippen LogP contribution in [0.5, 0.6) is 0 Å². The summed E-state index contributed by atoms with van der Waals surface area (Å²) in [5.41, 5.74) is 2.73. The predicted molar refractivity (Wildman–Crippen MR) is 49.0 cm³/mol. The molecule has 2 aromatic rings. The molecule has 0 atom stereocenters. The molecule has 0 radical (unpaired) electrons. The van der Waals surface area contributed by atoms with E-state index in [0.717, 1.165) is 0 Å². The third-order valence-corrected chi connectivity index (χ3v) is 2.11. The van der Waals surface area contributed by atoms with E-state index in [1.165, 1.54) is 21.9 Å². The molecule has 0 saturated heterocycles. The standard InChI is InChI=1S/C11H11.3FH.Zr/c1-8-6-10-5-3-4-9(2)11(10)7-8;;;;/h3-7H,1-2H3;3*1H;/q-1;;;;+4/p-3. The molecule has 0 bridgehead atoms. The number of halogens is 3. The Bertz CT molecular complexity index is 396. The molecule has 4 heteroatoms. The monoisotopic (exact) mass is 290 g/mol. The third-order valence-electron chi connectivity index (χ3n) is 2.11. The molecule has 0 N–H and O–H groups in total. The van der Waals surface area contributed by atoms with Crippen molar-refractivity contribution in [3.05, 3.63) is 41.5 Å². The normalized spacial score (nSPS) is 7.87. The molecule has 80 valence electrons. The van der Waals surface area contributed by atoms with Gasteiger partial charge >= 0.3 is 26.2 Å². The summed E-state index contributed by atoms with van der Waals surface area (Å²) in [4.78, 5) is 0. The van der Waals surface area contributed by atoms with Crippen molar-refractivity contribution in [1.82, 2.24) is 0 Å². The van der Waals surface area contributed by atoms with Crippen molar-refractivity contribution in [2.75, 3.05) is 0 Å². The van der Waals surface area contributed by atoms with Gasteiger partial charge in [0.2, 0.25) is 0 Å². The van der Waals surface area contributed by atoms with Gasteiger partial charge in [0.05, 0.1) is 0 Å². The van der Waals surface area contributed by atoms with Crippen molar-refractivity contribution in [3.8, 4) is 0 Å². The van der Waals surface area contributed by atoms with Crippen LogP contribution in [0.15, 0.2) is 30.3 Å². The summed E-state index contributed by atoms with van der Waals surface area (Å²) in [7, 11) is 0. The zero-order valence-electron chi connectivity index (χ0n) is 8.52. The van der Waals surface area contributed by atoms with E-state index in [1.54, 1.807) is 0 Å². The summed E-state index contributed by atoms with van der Waals surface area (Å²) in [6.07, 6.45) is 0. The molecule has 0 nitrogen and oxygen atoms in total. The van der Waals surface area contributed by atoms with Gasteiger partial charge in [-0.3, -0.25) is 0 Å². The fraction of sp³-hybridized carbons (Fsp3) is 0.182. The van der Waals surface area contributed by atoms with Crippen molar-refractivity contribution < 1.29 is 40.3 Å². The summed E-state index contributed by atoms with van der Waals surface area (Å²) in [6.45, 7) is 4.29. The first-order valence-corrected chi connectivity index (χ1v) is 3.90. The van der Waals surface area contributed by atoms with Gasteiger partial charge in [0.15, 0.2) is 0 Å². The molecule has 0 fully saturated rings. The first kappa shape index (κ1) is 20.0. The fourth-order valence-corrected chi connectivity index (χ4v) is 1.54. The molecular formula is C11H11F3Zr. The van der Waals surface area contributed by atoms with Gasteiger partial charge < -0.3 is 14.1 Å². The van der Waals surface area contributed by atoms with Crippen molar-refractivity contribution in [1.29, 1.82) is 0 Å². The van der Waals surface area contributed by atoms with Crippen molar-refractivity contribution in [3.63, 3.8) is 0 Å². The average Bonchev–Trinajstić information content (AvgIpc) is 2.31. The summed E-state index contributed by atoms with van der Waals surface area (Å²) >= 11 is 0. The number of hydrogen-bond acceptors (Lipinski definition) is 0. The van der Waals surface area contributed by atoms with Gasteiger partial charge in [-0.25, -0.2) is 0 Å². The van der Waals surface area contributed by atoms with Gasteiger partial charge in [0, 0.05) is 0 Å². The van der Waals surface area contributed by atoms with E-state index < -0.39 is 0 Å². The number of rotatable bonds is 0. The number of aryl methyl sites for hydroxylation is 2. The van der Waals surface area contributed by atoms with Gasteiger partial charge in [-0.2, -0.15) is 6.07 Å². The maximum Gasteiger partial charge on any atom is 4.00 e. The van der Waals surface area contributed by atoms with Crippen LogP contribution in [0.25, 0.3) is 10.8 Å². The Morgan fingerprint density at radius 1 is 1.00 bits per heavy atom. The van der Waals surface area contributed by atoms with Crippen LogP contribution in [-0.2, 0) is 26.2 Å². The van der Waals surface area contributed by atoms with Crippen LogP contribution in [-0.4, -0.2) is 0 Å². The third kappa shape index (κ3) is 3.86. The second-order valence-electron chi connectivity index (χ2n) is 3.11. The Morgan fingerprint density at radius 2 is 1.60 bits per heavy atom. The maximum atomic E-state index is 2.24. The second-order valence-corrected chi connectivity index (χ2v) is 3.11. The zero-order valence-corrected chi connectivity index (χ0v) is 11.0. The van der Waals surface area contributed by atoms with Crippen molar-refractivity contribution >= 4 is 10.8 Å². The molecule has 0 aromatic heterocycles. The average molecular weight is 291 g/mol. The Kier molecular flexibility index (Phi) is 10.3. The molecule has 15 heavy (non-hydrogen) atoms. The zero-order chi connectivity index (χ0) is 7.84. The number of benzene rings is 1. The van der Waals surface area contributed by atoms with Crippen LogP contribution < -0.4 is 14.1 Å². The molecule has 0 aliphatic carbocycles. The summed E-state index contributed by atoms with van der Waals surface area (Å²) in [5, 5.41) is 2.76. The van der Waals surface area contributed by atoms with Crippen LogP contribution >= 0.6 is 0 Å². The predicted octanol–water partition coefficient (Wildman–Crippen LogP) is -5.81. The van der Waals surface area contributed by atoms with E-state index in [1.807, 2.05) is 0 Å². The van der Waals surface area contributed by atoms with Crippen LogP contribution in [0.1, 0.15) is 11.1 Å². The van der Waals surface area contributed by atoms with Gasteiger partial charge in [0.25, 0.3) is 0 Å². The topological polar surface area (TPSA) is 0 Å². The number of fused-ring (bicyclic) bond motifs is 1. The quantitative estimate of drug-likeness (QED) is 0.424. The maximum absolute atomic E-state index is 2.24. The van der Waals surface area contributed by atoms with Crippen molar-refractivity contribution in [2.45, 2.75) is 13.8 Å². The summed E-state index contributed by atoms with van der Waals surface area (Å²) in [6, 6.07) is 10.9. The molecule has 0 amide bonds. The smallest absolute Gasteiger partial charge is 1.00 e. The van der Waals surface area contributed by atoms with Gasteiger partial charge in [-0.15, -0.1) is 34.5 Å². The van der Waals surface area contributed by atoms with Gasteiger partial charge in [-0.05, 0) is 6.92 Å². The van der Waals surface area contributed by atoms with Crippen LogP contribution in [0.2, 0.25) is 0 Å². The molecule has 0 aliphatic rings. The molecule has 0 unspecified atom stereocenters. The van der Waals surface area contributed by atoms with E-state index >= 15 is 0 Å². The second kappa shape index (κ2) is 7.75. The molecule has 0 heterocycles. The molecular weight excluding hydrogens is 280 g/mol. The Balaban J connectivity index is -0.000000360. The Hall–Kier alpha value is -0.497. The number of hydrogen-bond donors (Lipinski definition) is 0. The molecule has 0 spiro atoms. The Labute approximate surface area is 106 Å². The molecule has 2 rings (SSSR count). The van der Waals surface area contributed by atoms with Crippen LogP contribution in [0, 0.1) is 13.8 Å². The van der Waals surface area contributed by atoms with Crippen LogP contribution in [0.3, 0.4) is 0 Å². The fourth-order valence-electron chi connectivity index (χ4n) is 1.54. The van der Waals surface area contributed by atoms with E-state index in [0.29, 0.717) is 0 Å². The largest absolute Gasteiger partial charge is 4.00 e. The van der Waals surface area contributed by atoms with Crippen molar-refractivity contribution in [2.24, 2.45) is 0 Å². The van der Waals surface area contributed by atoms with E-state index in [-0.39, 0.29) is 40.3 Å². The van der Waals surface area contributed by atoms with E-state index in [2.05, 4.69) is 44.2 Å². The summed E-state index contributed by atoms with van der Waals surface area (Å²) in [5.74, 6) is 0. The van der Waals surface area contributed by atoms with Gasteiger partial charge in [-0.1, -0.05) is 18.6 Å². The minimum atomic E-state index is 0. The Morgan fingerprint density at radius 3 is 2.13 bits per heavy atom. The molecule has 0 aliphatic heterocycles. The molecule has 2 aromatic carbocycles. The van der Waals surface area contributed by atoms with Crippen LogP contribution in [0.4, 0.5) is 0 Å². The minimum absolute atomic E-state index is 0. The van der Waals surface area contributed by atoms with Gasteiger partial charge in [0.1, 0.15) is 0 Å². The first-order valence-electron chi connectivity index (χ1n) is 3.90. The molecule has 0 saturated carbocycles. The van der Waals surface area contributed by atoms with E-state index in [4.69, 9.17) is 0 Å². The first-order chi connectivity index (χ1) is 5.27. The van der Waals surface area contributed by atoms with E-state index in [9.17, 15) is 0 Å². The minimum Gasteiger partial charge on any atom is -1.00 e.